The molecule has 10 heteroatoms. The molecular formula is C20H21Cl2F2N3O3. The van der Waals surface area contributed by atoms with Crippen LogP contribution in [0.15, 0.2) is 22.5 Å². The van der Waals surface area contributed by atoms with Gasteiger partial charge in [0.1, 0.15) is 17.6 Å². The smallest absolute Gasteiger partial charge is 0.341 e. The van der Waals surface area contributed by atoms with Crippen molar-refractivity contribution in [3.05, 3.63) is 44.8 Å². The van der Waals surface area contributed by atoms with Crippen LogP contribution in [-0.4, -0.2) is 52.4 Å². The summed E-state index contributed by atoms with van der Waals surface area (Å²) in [5.41, 5.74) is -1.31. The van der Waals surface area contributed by atoms with E-state index in [-0.39, 0.29) is 29.4 Å². The summed E-state index contributed by atoms with van der Waals surface area (Å²) in [5, 5.41) is 12.8. The number of likely N-dealkylation sites (tertiary alicyclic amines) is 1. The van der Waals surface area contributed by atoms with Crippen LogP contribution in [0.1, 0.15) is 46.9 Å². The average Bonchev–Trinajstić information content (AvgIpc) is 3.24. The fraction of sp³-hybridized carbons (Fsp3) is 0.600. The number of halogens is 4. The zero-order valence-electron chi connectivity index (χ0n) is 16.0. The monoisotopic (exact) mass is 459 g/mol. The Morgan fingerprint density at radius 2 is 2.07 bits per heavy atom. The topological polar surface area (TPSA) is 74.6 Å². The quantitative estimate of drug-likeness (QED) is 0.679. The highest BCUT2D eigenvalue weighted by Gasteiger charge is 2.51. The van der Waals surface area contributed by atoms with Crippen LogP contribution in [0.2, 0.25) is 0 Å². The lowest BCUT2D eigenvalue weighted by Crippen LogP contribution is -2.42. The maximum absolute atomic E-state index is 15.4. The molecule has 0 bridgehead atoms. The van der Waals surface area contributed by atoms with E-state index in [1.165, 1.54) is 4.57 Å². The van der Waals surface area contributed by atoms with Crippen molar-refractivity contribution in [1.82, 2.24) is 14.8 Å². The average molecular weight is 460 g/mol. The Morgan fingerprint density at radius 1 is 1.33 bits per heavy atom. The Balaban J connectivity index is 1.63. The molecule has 4 atom stereocenters. The molecule has 0 aromatic carbocycles. The van der Waals surface area contributed by atoms with Gasteiger partial charge in [-0.25, -0.2) is 13.6 Å². The number of hydrogen-bond donors (Lipinski definition) is 2. The Bertz CT molecular complexity index is 1010. The maximum atomic E-state index is 15.4. The van der Waals surface area contributed by atoms with Crippen molar-refractivity contribution in [2.75, 3.05) is 19.6 Å². The molecule has 2 aliphatic carbocycles. The van der Waals surface area contributed by atoms with Gasteiger partial charge in [-0.1, -0.05) is 23.2 Å². The molecule has 162 valence electrons. The van der Waals surface area contributed by atoms with Crippen LogP contribution >= 0.6 is 23.2 Å². The summed E-state index contributed by atoms with van der Waals surface area (Å²) in [7, 11) is 0. The van der Waals surface area contributed by atoms with Crippen LogP contribution in [-0.2, 0) is 10.8 Å². The van der Waals surface area contributed by atoms with Crippen LogP contribution in [0, 0.1) is 5.92 Å². The van der Waals surface area contributed by atoms with Gasteiger partial charge in [0.2, 0.25) is 0 Å². The number of fused-ring (bicyclic) bond motifs is 2. The van der Waals surface area contributed by atoms with Gasteiger partial charge < -0.3 is 19.9 Å². The zero-order valence-corrected chi connectivity index (χ0v) is 17.5. The van der Waals surface area contributed by atoms with Crippen LogP contribution in [0.4, 0.5) is 8.78 Å². The van der Waals surface area contributed by atoms with E-state index in [0.717, 1.165) is 25.6 Å². The normalized spacial score (nSPS) is 32.1. The van der Waals surface area contributed by atoms with Crippen molar-refractivity contribution in [2.45, 2.75) is 48.3 Å². The van der Waals surface area contributed by atoms with Crippen molar-refractivity contribution in [1.29, 1.82) is 0 Å². The van der Waals surface area contributed by atoms with Crippen molar-refractivity contribution < 1.29 is 18.7 Å². The molecule has 1 saturated carbocycles. The largest absolute Gasteiger partial charge is 0.477 e. The van der Waals surface area contributed by atoms with Crippen molar-refractivity contribution in [2.24, 2.45) is 5.92 Å². The number of nitrogens with zero attached hydrogens (tertiary/aromatic N) is 2. The lowest BCUT2D eigenvalue weighted by molar-refractivity contribution is 0.0694. The van der Waals surface area contributed by atoms with Gasteiger partial charge in [-0.15, -0.1) is 0 Å². The number of rotatable bonds is 3. The van der Waals surface area contributed by atoms with Crippen molar-refractivity contribution >= 4 is 29.2 Å². The maximum Gasteiger partial charge on any atom is 0.341 e. The van der Waals surface area contributed by atoms with Gasteiger partial charge >= 0.3 is 5.97 Å². The summed E-state index contributed by atoms with van der Waals surface area (Å²) in [6, 6.07) is -0.459. The molecule has 30 heavy (non-hydrogen) atoms. The standard InChI is InChI=1S/C20H21Cl2F2N3O3/c21-20(22)17-10(16(28)11(19(29)30)7-27(17)15-5-12(15)23)4-13(24)18(20)26-6-9-2-1-3-25-14(9)8-26/h7,9,12,14-15,25H,1-6,8H2,(H,29,30)/t9?,12-,14?,15+/m0/s1. The van der Waals surface area contributed by atoms with Gasteiger partial charge in [0.25, 0.3) is 0 Å². The van der Waals surface area contributed by atoms with Crippen LogP contribution in [0.25, 0.3) is 0 Å². The number of aromatic carboxylic acids is 1. The van der Waals surface area contributed by atoms with Gasteiger partial charge in [-0.3, -0.25) is 4.79 Å². The first kappa shape index (κ1) is 20.3. The molecule has 2 aliphatic heterocycles. The molecule has 2 N–H and O–H groups in total. The van der Waals surface area contributed by atoms with Gasteiger partial charge in [0.05, 0.1) is 17.4 Å². The lowest BCUT2D eigenvalue weighted by atomic mass is 9.93. The number of carboxylic acid groups (broad SMARTS) is 1. The number of carboxylic acids is 1. The Morgan fingerprint density at radius 3 is 2.70 bits per heavy atom. The second kappa shape index (κ2) is 6.93. The number of aromatic nitrogens is 1. The van der Waals surface area contributed by atoms with E-state index in [2.05, 4.69) is 5.32 Å². The van der Waals surface area contributed by atoms with E-state index in [9.17, 15) is 19.1 Å². The molecule has 0 radical (unpaired) electrons. The minimum Gasteiger partial charge on any atom is -0.477 e. The number of nitrogens with one attached hydrogen (secondary N) is 1. The number of hydrogen-bond acceptors (Lipinski definition) is 4. The Labute approximate surface area is 181 Å². The molecule has 1 aromatic heterocycles. The second-order valence-electron chi connectivity index (χ2n) is 8.60. The fourth-order valence-electron chi connectivity index (χ4n) is 5.18. The van der Waals surface area contributed by atoms with E-state index in [1.54, 1.807) is 0 Å². The van der Waals surface area contributed by atoms with E-state index >= 15 is 4.39 Å². The third kappa shape index (κ3) is 2.99. The van der Waals surface area contributed by atoms with Crippen LogP contribution in [0.5, 0.6) is 0 Å². The van der Waals surface area contributed by atoms with Gasteiger partial charge in [-0.2, -0.15) is 0 Å². The molecule has 5 rings (SSSR count). The van der Waals surface area contributed by atoms with E-state index in [1.807, 2.05) is 4.90 Å². The van der Waals surface area contributed by atoms with Crippen molar-refractivity contribution in [3.63, 3.8) is 0 Å². The summed E-state index contributed by atoms with van der Waals surface area (Å²) >= 11 is 13.5. The van der Waals surface area contributed by atoms with E-state index < -0.39 is 45.8 Å². The second-order valence-corrected chi connectivity index (χ2v) is 9.93. The molecule has 0 amide bonds. The predicted octanol–water partition coefficient (Wildman–Crippen LogP) is 2.88. The third-order valence-electron chi connectivity index (χ3n) is 6.70. The number of pyridine rings is 1. The highest BCUT2D eigenvalue weighted by molar-refractivity contribution is 6.50. The summed E-state index contributed by atoms with van der Waals surface area (Å²) in [6.45, 7) is 2.03. The van der Waals surface area contributed by atoms with Gasteiger partial charge in [-0.05, 0) is 25.3 Å². The van der Waals surface area contributed by atoms with Crippen LogP contribution in [0.3, 0.4) is 0 Å². The number of carbonyl (C=O) groups is 1. The molecule has 4 aliphatic rings. The minimum atomic E-state index is -1.93. The highest BCUT2D eigenvalue weighted by atomic mass is 35.5. The van der Waals surface area contributed by atoms with Crippen molar-refractivity contribution in [3.8, 4) is 0 Å². The molecule has 6 nitrogen and oxygen atoms in total. The molecule has 2 saturated heterocycles. The Hall–Kier alpha value is -1.64. The summed E-state index contributed by atoms with van der Waals surface area (Å²) < 4.78 is 28.7. The number of allylic oxidation sites excluding steroid dienone is 2. The summed E-state index contributed by atoms with van der Waals surface area (Å²) in [5.74, 6) is -1.75. The summed E-state index contributed by atoms with van der Waals surface area (Å²) in [6.07, 6.45) is 1.73. The zero-order chi connectivity index (χ0) is 21.4. The fourth-order valence-corrected chi connectivity index (χ4v) is 6.05. The van der Waals surface area contributed by atoms with Crippen LogP contribution < -0.4 is 10.7 Å². The molecule has 0 spiro atoms. The van der Waals surface area contributed by atoms with Gasteiger partial charge in [0.15, 0.2) is 9.76 Å². The minimum absolute atomic E-state index is 0.0850. The SMILES string of the molecule is O=C(O)c1cn([C@@H]2C[C@@H]2F)c2c(c1=O)CC(F)=C(N1CC3CCCNC3C1)C2(Cl)Cl. The Kier molecular flexibility index (Phi) is 4.69. The first-order valence-electron chi connectivity index (χ1n) is 10.1. The lowest BCUT2D eigenvalue weighted by Gasteiger charge is -2.38. The number of piperidine rings is 1. The highest BCUT2D eigenvalue weighted by Crippen LogP contribution is 2.53. The first-order chi connectivity index (χ1) is 14.2. The third-order valence-corrected chi connectivity index (χ3v) is 7.41. The molecule has 2 unspecified atom stereocenters. The van der Waals surface area contributed by atoms with Gasteiger partial charge in [0, 0.05) is 43.7 Å². The first-order valence-corrected chi connectivity index (χ1v) is 10.9. The number of alkyl halides is 3. The molecule has 3 heterocycles. The summed E-state index contributed by atoms with van der Waals surface area (Å²) in [4.78, 5) is 26.2. The predicted molar refractivity (Wildman–Crippen MR) is 108 cm³/mol. The van der Waals surface area contributed by atoms with E-state index in [0.29, 0.717) is 19.0 Å². The van der Waals surface area contributed by atoms with E-state index in [4.69, 9.17) is 23.2 Å². The molecule has 1 aromatic rings. The molecular weight excluding hydrogens is 439 g/mol. The molecule has 3 fully saturated rings.